The number of hydrogen-bond donors (Lipinski definition) is 1. The average Bonchev–Trinajstić information content (AvgIpc) is 2.91. The molecule has 4 heteroatoms. The van der Waals surface area contributed by atoms with Gasteiger partial charge in [-0.25, -0.2) is 0 Å². The SMILES string of the molecule is CCOc1cncc(C(N)C2Cc3ccccc3O2)c1. The summed E-state index contributed by atoms with van der Waals surface area (Å²) in [4.78, 5) is 4.18. The van der Waals surface area contributed by atoms with Gasteiger partial charge in [-0.1, -0.05) is 18.2 Å². The highest BCUT2D eigenvalue weighted by Crippen LogP contribution is 2.33. The van der Waals surface area contributed by atoms with Crippen LogP contribution < -0.4 is 15.2 Å². The average molecular weight is 270 g/mol. The Kier molecular flexibility index (Phi) is 3.56. The molecule has 0 radical (unpaired) electrons. The van der Waals surface area contributed by atoms with Gasteiger partial charge in [0.15, 0.2) is 0 Å². The molecular formula is C16H18N2O2. The van der Waals surface area contributed by atoms with Crippen LogP contribution in [0.5, 0.6) is 11.5 Å². The van der Waals surface area contributed by atoms with E-state index in [0.29, 0.717) is 6.61 Å². The van der Waals surface area contributed by atoms with Crippen LogP contribution in [-0.4, -0.2) is 17.7 Å². The van der Waals surface area contributed by atoms with Crippen molar-refractivity contribution in [3.8, 4) is 11.5 Å². The van der Waals surface area contributed by atoms with E-state index in [0.717, 1.165) is 23.5 Å². The van der Waals surface area contributed by atoms with Gasteiger partial charge in [-0.3, -0.25) is 4.98 Å². The van der Waals surface area contributed by atoms with Gasteiger partial charge < -0.3 is 15.2 Å². The molecular weight excluding hydrogens is 252 g/mol. The van der Waals surface area contributed by atoms with Crippen LogP contribution in [0, 0.1) is 0 Å². The zero-order valence-electron chi connectivity index (χ0n) is 11.5. The molecule has 0 bridgehead atoms. The largest absolute Gasteiger partial charge is 0.492 e. The Morgan fingerprint density at radius 1 is 1.40 bits per heavy atom. The number of hydrogen-bond acceptors (Lipinski definition) is 4. The third-order valence-corrected chi connectivity index (χ3v) is 3.50. The summed E-state index contributed by atoms with van der Waals surface area (Å²) >= 11 is 0. The first kappa shape index (κ1) is 12.9. The molecule has 1 aromatic heterocycles. The van der Waals surface area contributed by atoms with E-state index >= 15 is 0 Å². The van der Waals surface area contributed by atoms with E-state index in [4.69, 9.17) is 15.2 Å². The first-order valence-electron chi connectivity index (χ1n) is 6.86. The predicted molar refractivity (Wildman–Crippen MR) is 76.9 cm³/mol. The van der Waals surface area contributed by atoms with E-state index < -0.39 is 0 Å². The number of nitrogens with two attached hydrogens (primary N) is 1. The van der Waals surface area contributed by atoms with Crippen LogP contribution in [0.1, 0.15) is 24.1 Å². The smallest absolute Gasteiger partial charge is 0.137 e. The Balaban J connectivity index is 1.77. The molecule has 0 saturated heterocycles. The standard InChI is InChI=1S/C16H18N2O2/c1-2-19-13-7-12(9-18-10-13)16(17)15-8-11-5-3-4-6-14(11)20-15/h3-7,9-10,15-16H,2,8,17H2,1H3. The normalized spacial score (nSPS) is 18.2. The fourth-order valence-corrected chi connectivity index (χ4v) is 2.49. The van der Waals surface area contributed by atoms with Crippen molar-refractivity contribution in [1.82, 2.24) is 4.98 Å². The first-order valence-corrected chi connectivity index (χ1v) is 6.86. The molecule has 2 aromatic rings. The lowest BCUT2D eigenvalue weighted by Gasteiger charge is -2.19. The van der Waals surface area contributed by atoms with Crippen LogP contribution in [0.2, 0.25) is 0 Å². The van der Waals surface area contributed by atoms with E-state index in [1.54, 1.807) is 12.4 Å². The van der Waals surface area contributed by atoms with Crippen LogP contribution in [0.25, 0.3) is 0 Å². The second kappa shape index (κ2) is 5.51. The summed E-state index contributed by atoms with van der Waals surface area (Å²) in [6.07, 6.45) is 4.26. The molecule has 0 aliphatic carbocycles. The third-order valence-electron chi connectivity index (χ3n) is 3.50. The monoisotopic (exact) mass is 270 g/mol. The Labute approximate surface area is 118 Å². The van der Waals surface area contributed by atoms with Crippen molar-refractivity contribution >= 4 is 0 Å². The Bertz CT molecular complexity index is 576. The number of aromatic nitrogens is 1. The minimum Gasteiger partial charge on any atom is -0.492 e. The number of para-hydroxylation sites is 1. The van der Waals surface area contributed by atoms with Gasteiger partial charge in [0, 0.05) is 12.6 Å². The van der Waals surface area contributed by atoms with E-state index in [9.17, 15) is 0 Å². The summed E-state index contributed by atoms with van der Waals surface area (Å²) in [5.74, 6) is 1.68. The molecule has 104 valence electrons. The summed E-state index contributed by atoms with van der Waals surface area (Å²) in [6.45, 7) is 2.56. The van der Waals surface area contributed by atoms with E-state index in [1.807, 2.05) is 31.2 Å². The lowest BCUT2D eigenvalue weighted by atomic mass is 10.00. The minimum absolute atomic E-state index is 0.0499. The maximum absolute atomic E-state index is 6.32. The summed E-state index contributed by atoms with van der Waals surface area (Å²) in [6, 6.07) is 9.79. The van der Waals surface area contributed by atoms with Crippen molar-refractivity contribution in [1.29, 1.82) is 0 Å². The zero-order valence-corrected chi connectivity index (χ0v) is 11.5. The molecule has 1 aromatic carbocycles. The van der Waals surface area contributed by atoms with Crippen molar-refractivity contribution in [2.75, 3.05) is 6.61 Å². The molecule has 2 unspecified atom stereocenters. The van der Waals surface area contributed by atoms with Crippen LogP contribution in [-0.2, 0) is 6.42 Å². The molecule has 2 heterocycles. The van der Waals surface area contributed by atoms with Crippen molar-refractivity contribution < 1.29 is 9.47 Å². The van der Waals surface area contributed by atoms with Gasteiger partial charge in [-0.05, 0) is 30.2 Å². The molecule has 0 amide bonds. The van der Waals surface area contributed by atoms with Crippen molar-refractivity contribution in [3.63, 3.8) is 0 Å². The lowest BCUT2D eigenvalue weighted by molar-refractivity contribution is 0.199. The molecule has 0 saturated carbocycles. The van der Waals surface area contributed by atoms with Gasteiger partial charge in [0.25, 0.3) is 0 Å². The van der Waals surface area contributed by atoms with Gasteiger partial charge in [-0.15, -0.1) is 0 Å². The number of pyridine rings is 1. The quantitative estimate of drug-likeness (QED) is 0.927. The maximum Gasteiger partial charge on any atom is 0.137 e. The number of benzene rings is 1. The fourth-order valence-electron chi connectivity index (χ4n) is 2.49. The molecule has 4 nitrogen and oxygen atoms in total. The second-order valence-electron chi connectivity index (χ2n) is 4.88. The lowest BCUT2D eigenvalue weighted by Crippen LogP contribution is -2.30. The minimum atomic E-state index is -0.213. The van der Waals surface area contributed by atoms with Gasteiger partial charge in [-0.2, -0.15) is 0 Å². The number of fused-ring (bicyclic) bond motifs is 1. The molecule has 2 atom stereocenters. The Hall–Kier alpha value is -2.07. The predicted octanol–water partition coefficient (Wildman–Crippen LogP) is 2.48. The van der Waals surface area contributed by atoms with E-state index in [1.165, 1.54) is 5.56 Å². The molecule has 1 aliphatic heterocycles. The highest BCUT2D eigenvalue weighted by Gasteiger charge is 2.29. The second-order valence-corrected chi connectivity index (χ2v) is 4.88. The van der Waals surface area contributed by atoms with Gasteiger partial charge in [0.2, 0.25) is 0 Å². The summed E-state index contributed by atoms with van der Waals surface area (Å²) in [5, 5.41) is 0. The molecule has 1 aliphatic rings. The molecule has 3 rings (SSSR count). The topological polar surface area (TPSA) is 57.4 Å². The van der Waals surface area contributed by atoms with Crippen LogP contribution in [0.3, 0.4) is 0 Å². The number of ether oxygens (including phenoxy) is 2. The van der Waals surface area contributed by atoms with E-state index in [2.05, 4.69) is 11.1 Å². The van der Waals surface area contributed by atoms with Crippen LogP contribution in [0.15, 0.2) is 42.7 Å². The molecule has 20 heavy (non-hydrogen) atoms. The van der Waals surface area contributed by atoms with Crippen molar-refractivity contribution in [2.24, 2.45) is 5.73 Å². The molecule has 0 fully saturated rings. The summed E-state index contributed by atoms with van der Waals surface area (Å²) in [5.41, 5.74) is 8.47. The Morgan fingerprint density at radius 3 is 3.05 bits per heavy atom. The zero-order chi connectivity index (χ0) is 13.9. The Morgan fingerprint density at radius 2 is 2.25 bits per heavy atom. The van der Waals surface area contributed by atoms with Crippen LogP contribution >= 0.6 is 0 Å². The first-order chi connectivity index (χ1) is 9.78. The van der Waals surface area contributed by atoms with Gasteiger partial charge >= 0.3 is 0 Å². The molecule has 0 spiro atoms. The van der Waals surface area contributed by atoms with Crippen molar-refractivity contribution in [2.45, 2.75) is 25.5 Å². The van der Waals surface area contributed by atoms with Crippen molar-refractivity contribution in [3.05, 3.63) is 53.9 Å². The van der Waals surface area contributed by atoms with E-state index in [-0.39, 0.29) is 12.1 Å². The third kappa shape index (κ3) is 2.47. The maximum atomic E-state index is 6.32. The molecule has 2 N–H and O–H groups in total. The number of rotatable bonds is 4. The summed E-state index contributed by atoms with van der Waals surface area (Å²) in [7, 11) is 0. The summed E-state index contributed by atoms with van der Waals surface area (Å²) < 4.78 is 11.4. The van der Waals surface area contributed by atoms with Gasteiger partial charge in [0.1, 0.15) is 17.6 Å². The fraction of sp³-hybridized carbons (Fsp3) is 0.312. The highest BCUT2D eigenvalue weighted by atomic mass is 16.5. The number of nitrogens with zero attached hydrogens (tertiary/aromatic N) is 1. The van der Waals surface area contributed by atoms with Crippen LogP contribution in [0.4, 0.5) is 0 Å². The highest BCUT2D eigenvalue weighted by molar-refractivity contribution is 5.38. The van der Waals surface area contributed by atoms with Gasteiger partial charge in [0.05, 0.1) is 18.8 Å².